The zero-order valence-corrected chi connectivity index (χ0v) is 38.0. The number of fused-ring (bicyclic) bond motifs is 4. The minimum Gasteiger partial charge on any atom is -0.494 e. The van der Waals surface area contributed by atoms with Crippen molar-refractivity contribution in [2.24, 2.45) is 9.98 Å². The number of aliphatic hydroxyl groups is 1. The number of halogens is 2. The molecule has 5 aromatic rings. The van der Waals surface area contributed by atoms with Crippen molar-refractivity contribution < 1.29 is 79.6 Å². The van der Waals surface area contributed by atoms with E-state index in [-0.39, 0.29) is 22.3 Å². The molecule has 0 fully saturated rings. The fourth-order valence-electron chi connectivity index (χ4n) is 6.14. The first-order chi connectivity index (χ1) is 30.6. The first-order valence-corrected chi connectivity index (χ1v) is 25.9. The van der Waals surface area contributed by atoms with E-state index in [1.807, 2.05) is 0 Å². The van der Waals surface area contributed by atoms with E-state index in [4.69, 9.17) is 43.1 Å². The standard InChI is InChI=1S/C32H27Cl2N9O18S5/c1-59-16-10-15(39-32-42-30(36-5-7-63(47,48)49)41-31(43-32)37-12-3-2-4-13(9-12)62(45,46)8-6-44)28(65(53,54)55)27-21(16)40-23-19(34)25-22(18(33)26(23)61-27)38-14-11-17(64(50,51)52)20(35)29(24(14)60-25)66(56,57)58/h2-4,9-11,44H,5-8,35H2,1H3,(H,47,48,49)(H,50,51,52)(H,53,54,55)(H,56,57,58)(H3,36,37,39,41,42,43). The Balaban J connectivity index is 1.38. The van der Waals surface area contributed by atoms with Crippen molar-refractivity contribution in [3.63, 3.8) is 0 Å². The van der Waals surface area contributed by atoms with Crippen LogP contribution in [-0.4, -0.2) is 112 Å². The molecule has 4 aromatic carbocycles. The van der Waals surface area contributed by atoms with Crippen LogP contribution in [0, 0.1) is 0 Å². The molecule has 2 aliphatic rings. The third-order valence-corrected chi connectivity index (χ3v) is 14.7. The number of benzene rings is 4. The van der Waals surface area contributed by atoms with Gasteiger partial charge in [0.15, 0.2) is 48.4 Å². The molecule has 0 amide bonds. The fraction of sp³-hybridized carbons (Fsp3) is 0.156. The molecule has 10 N–H and O–H groups in total. The summed E-state index contributed by atoms with van der Waals surface area (Å²) < 4.78 is 180. The molecular formula is C32H27Cl2N9O18S5. The van der Waals surface area contributed by atoms with Crippen molar-refractivity contribution in [1.29, 1.82) is 0 Å². The lowest BCUT2D eigenvalue weighted by atomic mass is 10.1. The van der Waals surface area contributed by atoms with Crippen molar-refractivity contribution in [2.75, 3.05) is 53.5 Å². The van der Waals surface area contributed by atoms with Crippen molar-refractivity contribution >= 4 is 120 Å². The number of nitrogens with one attached hydrogen (secondary N) is 3. The van der Waals surface area contributed by atoms with Gasteiger partial charge < -0.3 is 41.0 Å². The lowest BCUT2D eigenvalue weighted by Crippen LogP contribution is -2.24. The molecule has 0 radical (unpaired) electrons. The topological polar surface area (TPSA) is 425 Å². The van der Waals surface area contributed by atoms with E-state index in [0.717, 1.165) is 13.2 Å². The molecule has 2 aliphatic heterocycles. The summed E-state index contributed by atoms with van der Waals surface area (Å²) in [6, 6.07) is 6.74. The Bertz CT molecular complexity index is 3640. The summed E-state index contributed by atoms with van der Waals surface area (Å²) in [5, 5.41) is 14.9. The highest BCUT2D eigenvalue weighted by Gasteiger charge is 2.37. The molecule has 0 unspecified atom stereocenters. The van der Waals surface area contributed by atoms with E-state index in [1.54, 1.807) is 0 Å². The van der Waals surface area contributed by atoms with Gasteiger partial charge in [-0.3, -0.25) is 18.2 Å². The lowest BCUT2D eigenvalue weighted by molar-refractivity contribution is 0.319. The van der Waals surface area contributed by atoms with Gasteiger partial charge in [0.05, 0.1) is 41.5 Å². The average Bonchev–Trinajstić information content (AvgIpc) is 3.19. The predicted molar refractivity (Wildman–Crippen MR) is 228 cm³/mol. The first-order valence-electron chi connectivity index (χ1n) is 17.5. The summed E-state index contributed by atoms with van der Waals surface area (Å²) in [5.41, 5.74) is 2.88. The van der Waals surface area contributed by atoms with Gasteiger partial charge in [-0.25, -0.2) is 18.4 Å². The molecule has 0 aliphatic carbocycles. The minimum absolute atomic E-state index is 0.0676. The summed E-state index contributed by atoms with van der Waals surface area (Å²) in [6.45, 7) is -1.16. The van der Waals surface area contributed by atoms with Gasteiger partial charge >= 0.3 is 0 Å². The van der Waals surface area contributed by atoms with E-state index in [9.17, 15) is 65.4 Å². The van der Waals surface area contributed by atoms with Crippen molar-refractivity contribution in [2.45, 2.75) is 19.6 Å². The number of ether oxygens (including phenoxy) is 3. The Kier molecular flexibility index (Phi) is 12.5. The molecule has 27 nitrogen and oxygen atoms in total. The third-order valence-electron chi connectivity index (χ3n) is 8.85. The number of hydrogen-bond donors (Lipinski definition) is 9. The fourth-order valence-corrected chi connectivity index (χ4v) is 10.3. The van der Waals surface area contributed by atoms with Gasteiger partial charge in [0.1, 0.15) is 37.0 Å². The number of aromatic nitrogens is 3. The number of nitrogens with zero attached hydrogens (tertiary/aromatic N) is 5. The quantitative estimate of drug-likeness (QED) is 0.0525. The maximum atomic E-state index is 13.3. The molecule has 7 rings (SSSR count). The molecule has 1 aromatic heterocycles. The second-order valence-electron chi connectivity index (χ2n) is 13.3. The van der Waals surface area contributed by atoms with Crippen LogP contribution in [0.4, 0.5) is 46.3 Å². The van der Waals surface area contributed by atoms with Crippen LogP contribution < -0.4 is 46.6 Å². The molecule has 0 atom stereocenters. The van der Waals surface area contributed by atoms with Gasteiger partial charge in [-0.2, -0.15) is 48.6 Å². The zero-order valence-electron chi connectivity index (χ0n) is 32.4. The molecule has 0 spiro atoms. The number of nitrogen functional groups attached to an aromatic ring is 1. The number of aliphatic hydroxyl groups excluding tert-OH is 1. The number of sulfone groups is 1. The molecular weight excluding hydrogens is 1030 g/mol. The Morgan fingerprint density at radius 3 is 1.88 bits per heavy atom. The number of methoxy groups -OCH3 is 1. The van der Waals surface area contributed by atoms with E-state index in [1.165, 1.54) is 24.3 Å². The molecule has 0 saturated heterocycles. The van der Waals surface area contributed by atoms with Crippen molar-refractivity contribution in [3.8, 4) is 28.7 Å². The summed E-state index contributed by atoms with van der Waals surface area (Å²) in [6.07, 6.45) is 0. The van der Waals surface area contributed by atoms with Gasteiger partial charge in [0, 0.05) is 18.3 Å². The molecule has 3 heterocycles. The van der Waals surface area contributed by atoms with Crippen LogP contribution in [0.1, 0.15) is 0 Å². The molecule has 0 saturated carbocycles. The SMILES string of the molecule is COc1cc(Nc2nc(NCCS(=O)(=O)O)nc(Nc3cccc(S(=O)(=O)CCO)c3)n2)c(S(=O)(=O)O)c2c1N=c1c(Cl)c3c(c(Cl)c1O2)=Nc1cc(S(=O)(=O)O)c(N)c(S(=O)(=O)O)c1O3. The van der Waals surface area contributed by atoms with Crippen LogP contribution in [0.15, 0.2) is 66.0 Å². The highest BCUT2D eigenvalue weighted by molar-refractivity contribution is 7.91. The monoisotopic (exact) mass is 1050 g/mol. The second-order valence-corrected chi connectivity index (χ2v) is 21.8. The van der Waals surface area contributed by atoms with E-state index in [2.05, 4.69) is 40.9 Å². The maximum Gasteiger partial charge on any atom is 0.300 e. The summed E-state index contributed by atoms with van der Waals surface area (Å²) in [5.74, 6) is -5.91. The zero-order chi connectivity index (χ0) is 48.5. The van der Waals surface area contributed by atoms with Crippen molar-refractivity contribution in [3.05, 3.63) is 57.2 Å². The number of rotatable bonds is 15. The Morgan fingerprint density at radius 1 is 0.712 bits per heavy atom. The molecule has 34 heteroatoms. The summed E-state index contributed by atoms with van der Waals surface area (Å²) in [7, 11) is -23.5. The van der Waals surface area contributed by atoms with E-state index in [0.29, 0.717) is 6.07 Å². The predicted octanol–water partition coefficient (Wildman–Crippen LogP) is 2.18. The highest BCUT2D eigenvalue weighted by atomic mass is 35.5. The number of nitrogens with two attached hydrogens (primary N) is 1. The molecule has 352 valence electrons. The van der Waals surface area contributed by atoms with Gasteiger partial charge in [-0.05, 0) is 24.3 Å². The third kappa shape index (κ3) is 9.56. The molecule has 0 bridgehead atoms. The van der Waals surface area contributed by atoms with Gasteiger partial charge in [0.2, 0.25) is 17.8 Å². The lowest BCUT2D eigenvalue weighted by Gasteiger charge is -2.24. The summed E-state index contributed by atoms with van der Waals surface area (Å²) >= 11 is 13.4. The van der Waals surface area contributed by atoms with Crippen LogP contribution in [0.25, 0.3) is 0 Å². The van der Waals surface area contributed by atoms with Gasteiger partial charge in [0.25, 0.3) is 40.5 Å². The Labute approximate surface area is 381 Å². The average molecular weight is 1060 g/mol. The second kappa shape index (κ2) is 17.1. The number of anilines is 6. The Hall–Kier alpha value is -5.78. The first kappa shape index (κ1) is 48.2. The normalized spacial score (nSPS) is 13.3. The maximum absolute atomic E-state index is 13.3. The highest BCUT2D eigenvalue weighted by Crippen LogP contribution is 2.52. The minimum atomic E-state index is -5.44. The molecule has 66 heavy (non-hydrogen) atoms. The van der Waals surface area contributed by atoms with Crippen LogP contribution in [0.3, 0.4) is 0 Å². The van der Waals surface area contributed by atoms with Gasteiger partial charge in [-0.1, -0.05) is 29.3 Å². The van der Waals surface area contributed by atoms with Gasteiger partial charge in [-0.15, -0.1) is 0 Å². The largest absolute Gasteiger partial charge is 0.494 e. The smallest absolute Gasteiger partial charge is 0.300 e. The van der Waals surface area contributed by atoms with E-state index >= 15 is 0 Å². The van der Waals surface area contributed by atoms with Crippen LogP contribution in [0.2, 0.25) is 10.0 Å². The van der Waals surface area contributed by atoms with Crippen LogP contribution in [0.5, 0.6) is 28.7 Å². The van der Waals surface area contributed by atoms with Crippen LogP contribution in [-0.2, 0) is 50.3 Å². The van der Waals surface area contributed by atoms with Crippen molar-refractivity contribution in [1.82, 2.24) is 15.0 Å². The Morgan fingerprint density at radius 2 is 1.30 bits per heavy atom. The van der Waals surface area contributed by atoms with E-state index < -0.39 is 168 Å². The summed E-state index contributed by atoms with van der Waals surface area (Å²) in [4.78, 5) is 17.0. The van der Waals surface area contributed by atoms with Crippen LogP contribution >= 0.6 is 23.2 Å². The number of hydrogen-bond acceptors (Lipinski definition) is 23.